The largest absolute Gasteiger partial charge is 0.490 e. The SMILES string of the molecule is CCOc1cc(/C=C2\C(=O)NC(=O)N(c3ccc(Cl)c(Cl)c3)C2=O)cc(Br)c1OCc1cc(C)cc(C)c1. The van der Waals surface area contributed by atoms with E-state index in [4.69, 9.17) is 32.7 Å². The Bertz CT molecular complexity index is 1470. The van der Waals surface area contributed by atoms with Crippen LogP contribution in [-0.2, 0) is 16.2 Å². The lowest BCUT2D eigenvalue weighted by molar-refractivity contribution is -0.122. The second kappa shape index (κ2) is 11.6. The average Bonchev–Trinajstić information content (AvgIpc) is 2.83. The molecule has 1 aliphatic heterocycles. The molecule has 0 saturated carbocycles. The molecule has 4 rings (SSSR count). The first-order valence-electron chi connectivity index (χ1n) is 11.6. The maximum absolute atomic E-state index is 13.3. The Morgan fingerprint density at radius 1 is 0.947 bits per heavy atom. The van der Waals surface area contributed by atoms with E-state index in [2.05, 4.69) is 27.3 Å². The molecule has 0 unspecified atom stereocenters. The number of urea groups is 1. The number of anilines is 1. The molecule has 0 bridgehead atoms. The summed E-state index contributed by atoms with van der Waals surface area (Å²) in [7, 11) is 0. The van der Waals surface area contributed by atoms with Crippen LogP contribution in [0, 0.1) is 13.8 Å². The summed E-state index contributed by atoms with van der Waals surface area (Å²) < 4.78 is 12.5. The van der Waals surface area contributed by atoms with Crippen molar-refractivity contribution in [1.29, 1.82) is 0 Å². The van der Waals surface area contributed by atoms with E-state index in [1.165, 1.54) is 24.3 Å². The van der Waals surface area contributed by atoms with Crippen LogP contribution in [-0.4, -0.2) is 24.5 Å². The van der Waals surface area contributed by atoms with Crippen molar-refractivity contribution in [2.75, 3.05) is 11.5 Å². The van der Waals surface area contributed by atoms with E-state index >= 15 is 0 Å². The second-order valence-corrected chi connectivity index (χ2v) is 10.3. The number of nitrogens with one attached hydrogen (secondary N) is 1. The molecule has 1 heterocycles. The molecule has 0 spiro atoms. The van der Waals surface area contributed by atoms with Crippen LogP contribution in [0.15, 0.2) is 58.6 Å². The van der Waals surface area contributed by atoms with Crippen molar-refractivity contribution in [3.05, 3.63) is 90.9 Å². The van der Waals surface area contributed by atoms with E-state index in [0.29, 0.717) is 34.7 Å². The van der Waals surface area contributed by atoms with Gasteiger partial charge in [0.2, 0.25) is 0 Å². The van der Waals surface area contributed by atoms with Gasteiger partial charge in [-0.25, -0.2) is 9.69 Å². The molecule has 4 amide bonds. The van der Waals surface area contributed by atoms with Crippen LogP contribution in [0.2, 0.25) is 10.0 Å². The molecule has 7 nitrogen and oxygen atoms in total. The number of amides is 4. The van der Waals surface area contributed by atoms with Crippen molar-refractivity contribution in [1.82, 2.24) is 5.32 Å². The van der Waals surface area contributed by atoms with Crippen LogP contribution in [0.4, 0.5) is 10.5 Å². The van der Waals surface area contributed by atoms with Crippen LogP contribution in [0.25, 0.3) is 6.08 Å². The lowest BCUT2D eigenvalue weighted by Gasteiger charge is -2.26. The normalized spacial score (nSPS) is 14.6. The van der Waals surface area contributed by atoms with Gasteiger partial charge in [0, 0.05) is 0 Å². The first-order chi connectivity index (χ1) is 18.1. The first-order valence-corrected chi connectivity index (χ1v) is 13.1. The standard InChI is InChI=1S/C28H23BrCl2N2O5/c1-4-37-24-12-17(11-21(29)25(24)38-14-18-8-15(2)7-16(3)9-18)10-20-26(34)32-28(36)33(27(20)35)19-5-6-22(30)23(31)13-19/h5-13H,4,14H2,1-3H3,(H,32,34,36)/b20-10+. The molecule has 0 radical (unpaired) electrons. The summed E-state index contributed by atoms with van der Waals surface area (Å²) in [4.78, 5) is 39.2. The fraction of sp³-hybridized carbons (Fsp3) is 0.179. The Morgan fingerprint density at radius 3 is 2.32 bits per heavy atom. The molecule has 0 atom stereocenters. The molecule has 0 aromatic heterocycles. The van der Waals surface area contributed by atoms with Crippen molar-refractivity contribution < 1.29 is 23.9 Å². The van der Waals surface area contributed by atoms with E-state index in [1.54, 1.807) is 12.1 Å². The Morgan fingerprint density at radius 2 is 1.66 bits per heavy atom. The second-order valence-electron chi connectivity index (χ2n) is 8.60. The van der Waals surface area contributed by atoms with E-state index in [1.807, 2.05) is 32.9 Å². The van der Waals surface area contributed by atoms with Gasteiger partial charge >= 0.3 is 6.03 Å². The number of benzene rings is 3. The van der Waals surface area contributed by atoms with Gasteiger partial charge in [-0.3, -0.25) is 14.9 Å². The average molecular weight is 618 g/mol. The zero-order chi connectivity index (χ0) is 27.6. The number of rotatable bonds is 7. The zero-order valence-electron chi connectivity index (χ0n) is 20.7. The molecule has 38 heavy (non-hydrogen) atoms. The number of hydrogen-bond acceptors (Lipinski definition) is 5. The molecule has 3 aromatic rings. The molecule has 196 valence electrons. The summed E-state index contributed by atoms with van der Waals surface area (Å²) in [6, 6.07) is 13.0. The summed E-state index contributed by atoms with van der Waals surface area (Å²) in [5, 5.41) is 2.62. The van der Waals surface area contributed by atoms with Gasteiger partial charge in [-0.1, -0.05) is 52.5 Å². The summed E-state index contributed by atoms with van der Waals surface area (Å²) in [5.41, 5.74) is 3.71. The van der Waals surface area contributed by atoms with Gasteiger partial charge in [0.25, 0.3) is 11.8 Å². The lowest BCUT2D eigenvalue weighted by atomic mass is 10.1. The number of barbiturate groups is 1. The maximum atomic E-state index is 13.3. The van der Waals surface area contributed by atoms with E-state index < -0.39 is 17.8 Å². The third kappa shape index (κ3) is 6.04. The van der Waals surface area contributed by atoms with Gasteiger partial charge < -0.3 is 9.47 Å². The van der Waals surface area contributed by atoms with Gasteiger partial charge in [0.05, 0.1) is 26.8 Å². The van der Waals surface area contributed by atoms with Crippen molar-refractivity contribution in [3.8, 4) is 11.5 Å². The van der Waals surface area contributed by atoms with Gasteiger partial charge in [-0.15, -0.1) is 0 Å². The highest BCUT2D eigenvalue weighted by Gasteiger charge is 2.37. The molecule has 1 fully saturated rings. The van der Waals surface area contributed by atoms with Crippen molar-refractivity contribution in [3.63, 3.8) is 0 Å². The number of hydrogen-bond donors (Lipinski definition) is 1. The molecule has 0 aliphatic carbocycles. The number of imide groups is 2. The maximum Gasteiger partial charge on any atom is 0.335 e. The molecule has 1 saturated heterocycles. The first kappa shape index (κ1) is 27.7. The highest BCUT2D eigenvalue weighted by Crippen LogP contribution is 2.38. The number of carbonyl (C=O) groups is 3. The van der Waals surface area contributed by atoms with Gasteiger partial charge in [-0.2, -0.15) is 0 Å². The van der Waals surface area contributed by atoms with Crippen molar-refractivity contribution >= 4 is 68.7 Å². The smallest absolute Gasteiger partial charge is 0.335 e. The number of nitrogens with zero attached hydrogens (tertiary/aromatic N) is 1. The molecule has 10 heteroatoms. The predicted octanol–water partition coefficient (Wildman–Crippen LogP) is 7.02. The van der Waals surface area contributed by atoms with Crippen molar-refractivity contribution in [2.45, 2.75) is 27.4 Å². The third-order valence-electron chi connectivity index (χ3n) is 5.57. The monoisotopic (exact) mass is 616 g/mol. The van der Waals surface area contributed by atoms with Crippen molar-refractivity contribution in [2.24, 2.45) is 0 Å². The summed E-state index contributed by atoms with van der Waals surface area (Å²) in [6.45, 7) is 6.58. The van der Waals surface area contributed by atoms with Crippen LogP contribution < -0.4 is 19.7 Å². The predicted molar refractivity (Wildman–Crippen MR) is 151 cm³/mol. The Kier molecular flexibility index (Phi) is 8.45. The number of ether oxygens (including phenoxy) is 2. The highest BCUT2D eigenvalue weighted by molar-refractivity contribution is 9.10. The van der Waals surface area contributed by atoms with E-state index in [0.717, 1.165) is 21.6 Å². The van der Waals surface area contributed by atoms with Gasteiger partial charge in [-0.05, 0) is 84.2 Å². The van der Waals surface area contributed by atoms with Crippen LogP contribution in [0.3, 0.4) is 0 Å². The minimum atomic E-state index is -0.887. The third-order valence-corrected chi connectivity index (χ3v) is 6.90. The molecular formula is C28H23BrCl2N2O5. The van der Waals surface area contributed by atoms with Gasteiger partial charge in [0.15, 0.2) is 11.5 Å². The number of halogens is 3. The molecule has 1 N–H and O–H groups in total. The quantitative estimate of drug-likeness (QED) is 0.228. The summed E-state index contributed by atoms with van der Waals surface area (Å²) in [5.74, 6) is -0.707. The number of aryl methyl sites for hydroxylation is 2. The summed E-state index contributed by atoms with van der Waals surface area (Å²) >= 11 is 15.6. The number of carbonyl (C=O) groups excluding carboxylic acids is 3. The summed E-state index contributed by atoms with van der Waals surface area (Å²) in [6.07, 6.45) is 1.38. The van der Waals surface area contributed by atoms with Gasteiger partial charge in [0.1, 0.15) is 12.2 Å². The minimum Gasteiger partial charge on any atom is -0.490 e. The highest BCUT2D eigenvalue weighted by atomic mass is 79.9. The molecule has 1 aliphatic rings. The van der Waals surface area contributed by atoms with Crippen LogP contribution >= 0.6 is 39.1 Å². The van der Waals surface area contributed by atoms with Crippen LogP contribution in [0.1, 0.15) is 29.2 Å². The fourth-order valence-electron chi connectivity index (χ4n) is 4.06. The lowest BCUT2D eigenvalue weighted by Crippen LogP contribution is -2.54. The van der Waals surface area contributed by atoms with E-state index in [-0.39, 0.29) is 21.3 Å². The molecule has 3 aromatic carbocycles. The van der Waals surface area contributed by atoms with Crippen LogP contribution in [0.5, 0.6) is 11.5 Å². The topological polar surface area (TPSA) is 84.9 Å². The zero-order valence-corrected chi connectivity index (χ0v) is 23.8. The Hall–Kier alpha value is -3.33. The Balaban J connectivity index is 1.67. The fourth-order valence-corrected chi connectivity index (χ4v) is 4.93. The van der Waals surface area contributed by atoms with E-state index in [9.17, 15) is 14.4 Å². The minimum absolute atomic E-state index is 0.161. The molecular weight excluding hydrogens is 595 g/mol. The Labute approximate surface area is 238 Å².